The van der Waals surface area contributed by atoms with Crippen LogP contribution in [0.1, 0.15) is 20.8 Å². The Kier molecular flexibility index (Phi) is 3.33. The molecule has 108 valence electrons. The van der Waals surface area contributed by atoms with Gasteiger partial charge in [-0.3, -0.25) is 0 Å². The average molecular weight is 298 g/mol. The number of para-hydroxylation sites is 1. The van der Waals surface area contributed by atoms with Crippen LogP contribution < -0.4 is 5.32 Å². The van der Waals surface area contributed by atoms with Gasteiger partial charge >= 0.3 is 0 Å². The van der Waals surface area contributed by atoms with Gasteiger partial charge in [0.05, 0.1) is 15.8 Å². The second kappa shape index (κ2) is 5.04. The largest absolute Gasteiger partial charge is 0.507 e. The van der Waals surface area contributed by atoms with Gasteiger partial charge in [0, 0.05) is 11.2 Å². The van der Waals surface area contributed by atoms with Crippen LogP contribution in [0.5, 0.6) is 5.75 Å². The Labute approximate surface area is 128 Å². The number of nitrogens with zero attached hydrogens (tertiary/aromatic N) is 1. The van der Waals surface area contributed by atoms with Gasteiger partial charge in [-0.15, -0.1) is 11.3 Å². The van der Waals surface area contributed by atoms with E-state index in [1.54, 1.807) is 17.4 Å². The number of hydrogen-bond donors (Lipinski definition) is 2. The van der Waals surface area contributed by atoms with Gasteiger partial charge in [-0.1, -0.05) is 12.1 Å². The van der Waals surface area contributed by atoms with Crippen LogP contribution in [0.15, 0.2) is 42.5 Å². The number of fused-ring (bicyclic) bond motifs is 1. The second-order valence-corrected chi connectivity index (χ2v) is 7.12. The smallest absolute Gasteiger partial charge is 0.128 e. The van der Waals surface area contributed by atoms with Crippen molar-refractivity contribution in [2.45, 2.75) is 26.3 Å². The molecule has 0 saturated heterocycles. The third-order valence-corrected chi connectivity index (χ3v) is 4.11. The van der Waals surface area contributed by atoms with Crippen molar-refractivity contribution in [3.8, 4) is 16.3 Å². The molecular formula is C17H18N2OS. The molecule has 0 amide bonds. The summed E-state index contributed by atoms with van der Waals surface area (Å²) in [6.45, 7) is 6.33. The summed E-state index contributed by atoms with van der Waals surface area (Å²) < 4.78 is 1.13. The highest BCUT2D eigenvalue weighted by molar-refractivity contribution is 7.21. The van der Waals surface area contributed by atoms with E-state index < -0.39 is 0 Å². The number of hydrogen-bond acceptors (Lipinski definition) is 4. The van der Waals surface area contributed by atoms with Crippen molar-refractivity contribution in [2.75, 3.05) is 5.32 Å². The minimum Gasteiger partial charge on any atom is -0.507 e. The third-order valence-electron chi connectivity index (χ3n) is 3.04. The Balaban J connectivity index is 2.06. The molecule has 0 bridgehead atoms. The summed E-state index contributed by atoms with van der Waals surface area (Å²) in [4.78, 5) is 4.61. The van der Waals surface area contributed by atoms with Crippen molar-refractivity contribution in [1.82, 2.24) is 4.98 Å². The molecule has 2 aromatic carbocycles. The number of aromatic hydroxyl groups is 1. The molecule has 0 unspecified atom stereocenters. The zero-order valence-electron chi connectivity index (χ0n) is 12.3. The second-order valence-electron chi connectivity index (χ2n) is 6.09. The molecule has 0 aliphatic rings. The number of nitrogens with one attached hydrogen (secondary N) is 1. The van der Waals surface area contributed by atoms with Gasteiger partial charge in [-0.2, -0.15) is 0 Å². The maximum absolute atomic E-state index is 10.2. The number of phenolic OH excluding ortho intramolecular Hbond substituents is 1. The lowest BCUT2D eigenvalue weighted by Gasteiger charge is -2.22. The van der Waals surface area contributed by atoms with Crippen molar-refractivity contribution in [3.05, 3.63) is 42.5 Å². The van der Waals surface area contributed by atoms with Gasteiger partial charge in [-0.05, 0) is 51.1 Å². The fourth-order valence-electron chi connectivity index (χ4n) is 2.21. The van der Waals surface area contributed by atoms with Crippen molar-refractivity contribution in [2.24, 2.45) is 0 Å². The highest BCUT2D eigenvalue weighted by Crippen LogP contribution is 2.37. The van der Waals surface area contributed by atoms with Crippen LogP contribution in [0.25, 0.3) is 20.8 Å². The first kappa shape index (κ1) is 13.9. The zero-order chi connectivity index (χ0) is 15.0. The number of anilines is 1. The molecule has 21 heavy (non-hydrogen) atoms. The van der Waals surface area contributed by atoms with Crippen LogP contribution in [-0.4, -0.2) is 15.6 Å². The Bertz CT molecular complexity index is 754. The summed E-state index contributed by atoms with van der Waals surface area (Å²) >= 11 is 1.59. The van der Waals surface area contributed by atoms with Crippen molar-refractivity contribution in [3.63, 3.8) is 0 Å². The first-order valence-corrected chi connectivity index (χ1v) is 7.71. The molecule has 2 N–H and O–H groups in total. The maximum Gasteiger partial charge on any atom is 0.128 e. The number of phenols is 1. The fourth-order valence-corrected chi connectivity index (χ4v) is 3.20. The summed E-state index contributed by atoms with van der Waals surface area (Å²) in [6.07, 6.45) is 0. The molecule has 0 aliphatic heterocycles. The lowest BCUT2D eigenvalue weighted by molar-refractivity contribution is 0.477. The predicted molar refractivity (Wildman–Crippen MR) is 90.1 cm³/mol. The molecule has 3 rings (SSSR count). The first-order valence-electron chi connectivity index (χ1n) is 6.89. The van der Waals surface area contributed by atoms with Crippen LogP contribution in [-0.2, 0) is 0 Å². The van der Waals surface area contributed by atoms with Gasteiger partial charge in [0.25, 0.3) is 0 Å². The molecule has 3 nitrogen and oxygen atoms in total. The van der Waals surface area contributed by atoms with E-state index in [1.807, 2.05) is 36.4 Å². The Hall–Kier alpha value is -2.07. The number of rotatable bonds is 2. The van der Waals surface area contributed by atoms with Gasteiger partial charge < -0.3 is 10.4 Å². The SMILES string of the molecule is CC(C)(C)Nc1ccc(O)c(-c2nc3ccccc3s2)c1. The summed E-state index contributed by atoms with van der Waals surface area (Å²) in [7, 11) is 0. The van der Waals surface area contributed by atoms with Gasteiger partial charge in [0.15, 0.2) is 0 Å². The van der Waals surface area contributed by atoms with Crippen LogP contribution in [0.3, 0.4) is 0 Å². The van der Waals surface area contributed by atoms with Crippen LogP contribution in [0.2, 0.25) is 0 Å². The number of thiazole rings is 1. The Morgan fingerprint density at radius 3 is 2.57 bits per heavy atom. The lowest BCUT2D eigenvalue weighted by Crippen LogP contribution is -2.25. The number of benzene rings is 2. The molecule has 1 aromatic heterocycles. The van der Waals surface area contributed by atoms with E-state index in [-0.39, 0.29) is 11.3 Å². The monoisotopic (exact) mass is 298 g/mol. The highest BCUT2D eigenvalue weighted by Gasteiger charge is 2.14. The first-order chi connectivity index (χ1) is 9.92. The van der Waals surface area contributed by atoms with Crippen LogP contribution in [0, 0.1) is 0 Å². The topological polar surface area (TPSA) is 45.1 Å². The molecule has 1 heterocycles. The normalized spacial score (nSPS) is 11.8. The van der Waals surface area contributed by atoms with Crippen molar-refractivity contribution >= 4 is 27.2 Å². The van der Waals surface area contributed by atoms with E-state index in [0.717, 1.165) is 26.5 Å². The van der Waals surface area contributed by atoms with E-state index in [0.29, 0.717) is 0 Å². The average Bonchev–Trinajstić information content (AvgIpc) is 2.83. The predicted octanol–water partition coefficient (Wildman–Crippen LogP) is 4.88. The highest BCUT2D eigenvalue weighted by atomic mass is 32.1. The molecule has 0 aliphatic carbocycles. The van der Waals surface area contributed by atoms with E-state index in [1.165, 1.54) is 0 Å². The molecule has 0 saturated carbocycles. The molecule has 0 atom stereocenters. The molecular weight excluding hydrogens is 280 g/mol. The van der Waals surface area contributed by atoms with E-state index in [4.69, 9.17) is 0 Å². The van der Waals surface area contributed by atoms with Crippen LogP contribution >= 0.6 is 11.3 Å². The molecule has 4 heteroatoms. The molecule has 3 aromatic rings. The molecule has 0 fully saturated rings. The van der Waals surface area contributed by atoms with Gasteiger partial charge in [0.2, 0.25) is 0 Å². The number of aromatic nitrogens is 1. The van der Waals surface area contributed by atoms with Crippen molar-refractivity contribution in [1.29, 1.82) is 0 Å². The quantitative estimate of drug-likeness (QED) is 0.663. The standard InChI is InChI=1S/C17H18N2OS/c1-17(2,3)19-11-8-9-14(20)12(10-11)16-18-13-6-4-5-7-15(13)21-16/h4-10,19-20H,1-3H3. The molecule has 0 radical (unpaired) electrons. The fraction of sp³-hybridized carbons (Fsp3) is 0.235. The van der Waals surface area contributed by atoms with Crippen molar-refractivity contribution < 1.29 is 5.11 Å². The summed E-state index contributed by atoms with van der Waals surface area (Å²) in [5.74, 6) is 0.258. The lowest BCUT2D eigenvalue weighted by atomic mass is 10.1. The van der Waals surface area contributed by atoms with Gasteiger partial charge in [-0.25, -0.2) is 4.98 Å². The summed E-state index contributed by atoms with van der Waals surface area (Å²) in [6, 6.07) is 13.6. The Morgan fingerprint density at radius 1 is 1.10 bits per heavy atom. The van der Waals surface area contributed by atoms with E-state index in [2.05, 4.69) is 31.1 Å². The Morgan fingerprint density at radius 2 is 1.86 bits per heavy atom. The minimum absolute atomic E-state index is 0.0260. The minimum atomic E-state index is -0.0260. The maximum atomic E-state index is 10.2. The third kappa shape index (κ3) is 3.00. The molecule has 0 spiro atoms. The zero-order valence-corrected chi connectivity index (χ0v) is 13.2. The van der Waals surface area contributed by atoms with Gasteiger partial charge in [0.1, 0.15) is 10.8 Å². The van der Waals surface area contributed by atoms with Crippen LogP contribution in [0.4, 0.5) is 5.69 Å². The van der Waals surface area contributed by atoms with E-state index in [9.17, 15) is 5.11 Å². The van der Waals surface area contributed by atoms with E-state index >= 15 is 0 Å². The summed E-state index contributed by atoms with van der Waals surface area (Å²) in [5.41, 5.74) is 2.69. The summed E-state index contributed by atoms with van der Waals surface area (Å²) in [5, 5.41) is 14.4.